The van der Waals surface area contributed by atoms with Gasteiger partial charge in [0.05, 0.1) is 18.7 Å². The van der Waals surface area contributed by atoms with E-state index in [1.807, 2.05) is 6.08 Å². The first-order valence-corrected chi connectivity index (χ1v) is 8.60. The van der Waals surface area contributed by atoms with Gasteiger partial charge < -0.3 is 4.74 Å². The van der Waals surface area contributed by atoms with Crippen LogP contribution < -0.4 is 4.74 Å². The number of carbonyl (C=O) groups excluding carboxylic acids is 1. The first kappa shape index (κ1) is 14.7. The number of nitrogens with zero attached hydrogens (tertiary/aromatic N) is 1. The zero-order chi connectivity index (χ0) is 14.5. The molecule has 0 saturated heterocycles. The fourth-order valence-electron chi connectivity index (χ4n) is 1.90. The smallest absolute Gasteiger partial charge is 0.150 e. The van der Waals surface area contributed by atoms with Gasteiger partial charge in [0, 0.05) is 20.6 Å². The van der Waals surface area contributed by atoms with Crippen LogP contribution in [0.3, 0.4) is 0 Å². The second-order valence-corrected chi connectivity index (χ2v) is 7.59. The Kier molecular flexibility index (Phi) is 4.85. The molecular weight excluding hydrogens is 365 g/mol. The molecule has 0 spiro atoms. The molecule has 1 unspecified atom stereocenters. The fraction of sp³-hybridized carbons (Fsp3) is 0.188. The van der Waals surface area contributed by atoms with Gasteiger partial charge in [-0.1, -0.05) is 19.1 Å². The largest absolute Gasteiger partial charge is 0.496 e. The van der Waals surface area contributed by atoms with Crippen LogP contribution in [0.1, 0.15) is 18.1 Å². The van der Waals surface area contributed by atoms with E-state index in [0.717, 1.165) is 17.4 Å². The standard InChI is InChI=1S/C16H14INO2/c1-11-3-5-13(10-19)15(8-17-11)14-7-12(9-18)4-6-16(14)20-2/h3-8,10-11H,1-2H3. The maximum atomic E-state index is 11.3. The van der Waals surface area contributed by atoms with Gasteiger partial charge in [-0.25, -0.2) is 0 Å². The van der Waals surface area contributed by atoms with Gasteiger partial charge >= 0.3 is 0 Å². The molecule has 1 atom stereocenters. The number of benzene rings is 1. The molecule has 0 aromatic heterocycles. The number of allylic oxidation sites excluding steroid dienone is 4. The molecule has 1 aromatic carbocycles. The van der Waals surface area contributed by atoms with E-state index in [0.29, 0.717) is 20.8 Å². The molecule has 1 aliphatic heterocycles. The van der Waals surface area contributed by atoms with Gasteiger partial charge in [-0.05, 0) is 22.2 Å². The summed E-state index contributed by atoms with van der Waals surface area (Å²) >= 11 is -0.174. The van der Waals surface area contributed by atoms with Crippen LogP contribution in [0.5, 0.6) is 5.75 Å². The fourth-order valence-corrected chi connectivity index (χ4v) is 3.97. The highest BCUT2D eigenvalue weighted by Gasteiger charge is 2.13. The summed E-state index contributed by atoms with van der Waals surface area (Å²) in [7, 11) is 1.59. The summed E-state index contributed by atoms with van der Waals surface area (Å²) in [5, 5.41) is 9.05. The van der Waals surface area contributed by atoms with E-state index in [-0.39, 0.29) is 20.7 Å². The first-order chi connectivity index (χ1) is 9.69. The van der Waals surface area contributed by atoms with Gasteiger partial charge in [-0.15, -0.1) is 20.7 Å². The van der Waals surface area contributed by atoms with Crippen LogP contribution >= 0.6 is 20.7 Å². The number of ether oxygens (including phenoxy) is 1. The van der Waals surface area contributed by atoms with Gasteiger partial charge in [0.25, 0.3) is 0 Å². The van der Waals surface area contributed by atoms with Crippen molar-refractivity contribution < 1.29 is 9.53 Å². The Hall–Kier alpha value is -1.74. The number of hydrogen-bond acceptors (Lipinski definition) is 3. The van der Waals surface area contributed by atoms with E-state index in [9.17, 15) is 4.79 Å². The van der Waals surface area contributed by atoms with Gasteiger partial charge in [0.2, 0.25) is 0 Å². The van der Waals surface area contributed by atoms with Crippen molar-refractivity contribution >= 4 is 36.6 Å². The maximum Gasteiger partial charge on any atom is 0.150 e. The maximum absolute atomic E-state index is 11.3. The summed E-state index contributed by atoms with van der Waals surface area (Å²) in [5.74, 6) is 0.682. The lowest BCUT2D eigenvalue weighted by molar-refractivity contribution is -0.104. The average Bonchev–Trinajstić information content (AvgIpc) is 2.68. The molecule has 0 fully saturated rings. The second kappa shape index (κ2) is 6.62. The number of carbonyl (C=O) groups is 1. The molecule has 0 radical (unpaired) electrons. The van der Waals surface area contributed by atoms with Crippen LogP contribution in [0, 0.1) is 11.3 Å². The predicted molar refractivity (Wildman–Crippen MR) is 89.4 cm³/mol. The number of halogens is 1. The molecule has 0 bridgehead atoms. The molecule has 0 amide bonds. The average molecular weight is 379 g/mol. The van der Waals surface area contributed by atoms with Crippen LogP contribution in [0.2, 0.25) is 0 Å². The van der Waals surface area contributed by atoms with Gasteiger partial charge in [-0.2, -0.15) is 5.26 Å². The third-order valence-electron chi connectivity index (χ3n) is 2.97. The molecule has 0 saturated carbocycles. The zero-order valence-corrected chi connectivity index (χ0v) is 13.4. The Labute approximate surface area is 128 Å². The number of rotatable bonds is 3. The normalized spacial score (nSPS) is 17.9. The van der Waals surface area contributed by atoms with E-state index < -0.39 is 0 Å². The minimum absolute atomic E-state index is 0.174. The van der Waals surface area contributed by atoms with Crippen molar-refractivity contribution in [1.29, 1.82) is 5.26 Å². The highest BCUT2D eigenvalue weighted by atomic mass is 127. The Morgan fingerprint density at radius 3 is 2.90 bits per heavy atom. The third-order valence-corrected chi connectivity index (χ3v) is 5.50. The van der Waals surface area contributed by atoms with Crippen LogP contribution in [0.15, 0.2) is 35.9 Å². The Morgan fingerprint density at radius 2 is 2.25 bits per heavy atom. The summed E-state index contributed by atoms with van der Waals surface area (Å²) in [6, 6.07) is 7.39. The number of aldehydes is 1. The molecule has 1 aliphatic rings. The van der Waals surface area contributed by atoms with Crippen molar-refractivity contribution in [3.05, 3.63) is 47.1 Å². The molecule has 0 aliphatic carbocycles. The summed E-state index contributed by atoms with van der Waals surface area (Å²) < 4.78 is 8.00. The number of nitriles is 1. The van der Waals surface area contributed by atoms with Crippen molar-refractivity contribution in [2.45, 2.75) is 10.8 Å². The first-order valence-electron chi connectivity index (χ1n) is 6.11. The highest BCUT2D eigenvalue weighted by molar-refractivity contribution is 14.2. The minimum atomic E-state index is -0.174. The zero-order valence-electron chi connectivity index (χ0n) is 11.3. The van der Waals surface area contributed by atoms with Crippen LogP contribution in [-0.2, 0) is 4.79 Å². The lowest BCUT2D eigenvalue weighted by atomic mass is 9.98. The monoisotopic (exact) mass is 379 g/mol. The van der Waals surface area contributed by atoms with Crippen molar-refractivity contribution in [2.75, 3.05) is 7.11 Å². The summed E-state index contributed by atoms with van der Waals surface area (Å²) in [6.45, 7) is 2.15. The van der Waals surface area contributed by atoms with Crippen molar-refractivity contribution in [2.24, 2.45) is 0 Å². The number of hydrogen-bond donors (Lipinski definition) is 0. The highest BCUT2D eigenvalue weighted by Crippen LogP contribution is 2.31. The summed E-state index contributed by atoms with van der Waals surface area (Å²) in [6.07, 6.45) is 4.80. The molecule has 3 nitrogen and oxygen atoms in total. The summed E-state index contributed by atoms with van der Waals surface area (Å²) in [4.78, 5) is 11.3. The van der Waals surface area contributed by atoms with E-state index in [1.165, 1.54) is 0 Å². The molecule has 4 heteroatoms. The van der Waals surface area contributed by atoms with Crippen LogP contribution in [-0.4, -0.2) is 21.3 Å². The van der Waals surface area contributed by atoms with Crippen LogP contribution in [0.25, 0.3) is 5.57 Å². The van der Waals surface area contributed by atoms with Crippen molar-refractivity contribution in [1.82, 2.24) is 0 Å². The van der Waals surface area contributed by atoms with Gasteiger partial charge in [0.1, 0.15) is 5.75 Å². The molecule has 0 N–H and O–H groups in total. The van der Waals surface area contributed by atoms with Gasteiger partial charge in [0.15, 0.2) is 6.29 Å². The van der Waals surface area contributed by atoms with Crippen molar-refractivity contribution in [3.63, 3.8) is 0 Å². The molecular formula is C16H14INO2. The lowest BCUT2D eigenvalue weighted by Gasteiger charge is -2.10. The molecule has 102 valence electrons. The Bertz CT molecular complexity index is 666. The second-order valence-electron chi connectivity index (χ2n) is 4.29. The number of alkyl halides is 1. The molecule has 20 heavy (non-hydrogen) atoms. The SMILES string of the molecule is COc1ccc(C#N)cc1C1=C(C=O)C=CC(C)I=C1. The van der Waals surface area contributed by atoms with Crippen LogP contribution in [0.4, 0.5) is 0 Å². The Balaban J connectivity index is 2.67. The molecule has 1 heterocycles. The van der Waals surface area contributed by atoms with E-state index in [1.54, 1.807) is 25.3 Å². The number of methoxy groups -OCH3 is 1. The lowest BCUT2D eigenvalue weighted by Crippen LogP contribution is -1.97. The third kappa shape index (κ3) is 3.05. The minimum Gasteiger partial charge on any atom is -0.496 e. The predicted octanol–water partition coefficient (Wildman–Crippen LogP) is 3.25. The van der Waals surface area contributed by atoms with E-state index >= 15 is 0 Å². The van der Waals surface area contributed by atoms with Crippen molar-refractivity contribution in [3.8, 4) is 11.8 Å². The Morgan fingerprint density at radius 1 is 1.45 bits per heavy atom. The molecule has 1 aromatic rings. The van der Waals surface area contributed by atoms with Gasteiger partial charge in [-0.3, -0.25) is 4.79 Å². The topological polar surface area (TPSA) is 50.1 Å². The summed E-state index contributed by atoms with van der Waals surface area (Å²) in [5.41, 5.74) is 2.89. The van der Waals surface area contributed by atoms with E-state index in [4.69, 9.17) is 10.00 Å². The quantitative estimate of drug-likeness (QED) is 0.460. The van der Waals surface area contributed by atoms with E-state index in [2.05, 4.69) is 23.1 Å². The molecule has 2 rings (SSSR count).